The van der Waals surface area contributed by atoms with E-state index in [0.717, 1.165) is 67.0 Å². The largest absolute Gasteiger partial charge is 0.457 e. The Labute approximate surface area is 405 Å². The fourth-order valence-electron chi connectivity index (χ4n) is 10.6. The number of aromatic nitrogens is 3. The first kappa shape index (κ1) is 40.7. The molecule has 70 heavy (non-hydrogen) atoms. The van der Waals surface area contributed by atoms with E-state index in [1.54, 1.807) is 12.1 Å². The minimum absolute atomic E-state index is 0.529. The summed E-state index contributed by atoms with van der Waals surface area (Å²) in [6, 6.07) is 87.0. The van der Waals surface area contributed by atoms with Crippen LogP contribution in [-0.2, 0) is 5.41 Å². The summed E-state index contributed by atoms with van der Waals surface area (Å²) in [5.74, 6) is 3.32. The standard InChI is InChI=1S/C65H40N4O/c66-41-42-29-31-43(32-30-42)62-67-63(69-64(68-62)49-33-35-56-54-25-8-7-23-52(54)53-24-9-10-26-55(53)57(56)39-49)48-18-14-17-46(38-48)44-15-13-16-45(37-44)47-34-36-59-61(40-47)70-60-28-12-11-27-58(60)65(59,50-19-3-1-4-20-50)51-21-5-2-6-22-51/h1-40H. The van der Waals surface area contributed by atoms with Crippen molar-refractivity contribution in [2.75, 3.05) is 0 Å². The first-order chi connectivity index (χ1) is 34.6. The smallest absolute Gasteiger partial charge is 0.164 e. The van der Waals surface area contributed by atoms with Crippen molar-refractivity contribution in [2.45, 2.75) is 5.41 Å². The van der Waals surface area contributed by atoms with Crippen molar-refractivity contribution in [1.82, 2.24) is 15.0 Å². The zero-order valence-corrected chi connectivity index (χ0v) is 37.8. The van der Waals surface area contributed by atoms with Gasteiger partial charge in [0.15, 0.2) is 17.5 Å². The zero-order valence-electron chi connectivity index (χ0n) is 37.8. The molecular weight excluding hydrogens is 853 g/mol. The average Bonchev–Trinajstić information content (AvgIpc) is 3.44. The average molecular weight is 893 g/mol. The van der Waals surface area contributed by atoms with Gasteiger partial charge in [-0.05, 0) is 120 Å². The van der Waals surface area contributed by atoms with Gasteiger partial charge in [-0.1, -0.05) is 188 Å². The first-order valence-corrected chi connectivity index (χ1v) is 23.5. The molecule has 0 radical (unpaired) electrons. The van der Waals surface area contributed by atoms with E-state index in [2.05, 4.69) is 218 Å². The lowest BCUT2D eigenvalue weighted by molar-refractivity contribution is 0.435. The van der Waals surface area contributed by atoms with Crippen LogP contribution in [0.4, 0.5) is 0 Å². The van der Waals surface area contributed by atoms with Crippen molar-refractivity contribution in [3.63, 3.8) is 0 Å². The summed E-state index contributed by atoms with van der Waals surface area (Å²) < 4.78 is 6.84. The highest BCUT2D eigenvalue weighted by molar-refractivity contribution is 6.25. The normalized spacial score (nSPS) is 12.5. The summed E-state index contributed by atoms with van der Waals surface area (Å²) >= 11 is 0. The molecule has 0 fully saturated rings. The number of nitriles is 1. The maximum atomic E-state index is 9.59. The monoisotopic (exact) mass is 892 g/mol. The molecule has 1 aliphatic rings. The van der Waals surface area contributed by atoms with Gasteiger partial charge in [0.25, 0.3) is 0 Å². The third-order valence-corrected chi connectivity index (χ3v) is 13.9. The summed E-state index contributed by atoms with van der Waals surface area (Å²) in [7, 11) is 0. The van der Waals surface area contributed by atoms with Gasteiger partial charge in [0, 0.05) is 27.8 Å². The molecule has 1 aliphatic heterocycles. The number of benzene rings is 11. The van der Waals surface area contributed by atoms with Gasteiger partial charge >= 0.3 is 0 Å². The minimum atomic E-state index is -0.583. The zero-order chi connectivity index (χ0) is 46.6. The summed E-state index contributed by atoms with van der Waals surface area (Å²) in [6.45, 7) is 0. The number of hydrogen-bond donors (Lipinski definition) is 0. The van der Waals surface area contributed by atoms with Crippen molar-refractivity contribution in [2.24, 2.45) is 0 Å². The highest BCUT2D eigenvalue weighted by Gasteiger charge is 2.45. The molecule has 0 bridgehead atoms. The Morgan fingerprint density at radius 1 is 0.314 bits per heavy atom. The van der Waals surface area contributed by atoms with Gasteiger partial charge in [0.05, 0.1) is 17.0 Å². The topological polar surface area (TPSA) is 71.7 Å². The van der Waals surface area contributed by atoms with E-state index in [1.165, 1.54) is 38.1 Å². The van der Waals surface area contributed by atoms with Gasteiger partial charge in [0.1, 0.15) is 11.5 Å². The molecular formula is C65H40N4O. The number of ether oxygens (including phenoxy) is 1. The molecule has 5 heteroatoms. The first-order valence-electron chi connectivity index (χ1n) is 23.5. The Morgan fingerprint density at radius 3 is 1.34 bits per heavy atom. The van der Waals surface area contributed by atoms with Crippen LogP contribution < -0.4 is 4.74 Å². The van der Waals surface area contributed by atoms with E-state index >= 15 is 0 Å². The molecule has 0 saturated heterocycles. The Bertz CT molecular complexity index is 3970. The second kappa shape index (κ2) is 16.7. The van der Waals surface area contributed by atoms with E-state index in [1.807, 2.05) is 18.2 Å². The summed E-state index contributed by atoms with van der Waals surface area (Å²) in [4.78, 5) is 15.4. The Hall–Kier alpha value is -9.50. The third-order valence-electron chi connectivity index (χ3n) is 13.9. The summed E-state index contributed by atoms with van der Waals surface area (Å²) in [6.07, 6.45) is 0. The highest BCUT2D eigenvalue weighted by Crippen LogP contribution is 2.56. The van der Waals surface area contributed by atoms with E-state index in [-0.39, 0.29) is 0 Å². The number of para-hydroxylation sites is 1. The molecule has 0 spiro atoms. The number of fused-ring (bicyclic) bond motifs is 8. The number of hydrogen-bond acceptors (Lipinski definition) is 5. The van der Waals surface area contributed by atoms with Crippen molar-refractivity contribution >= 4 is 32.3 Å². The van der Waals surface area contributed by atoms with E-state index in [9.17, 15) is 5.26 Å². The lowest BCUT2D eigenvalue weighted by Crippen LogP contribution is -2.34. The lowest BCUT2D eigenvalue weighted by atomic mass is 9.63. The third kappa shape index (κ3) is 6.73. The van der Waals surface area contributed by atoms with Gasteiger partial charge in [-0.25, -0.2) is 15.0 Å². The second-order valence-electron chi connectivity index (χ2n) is 17.8. The Balaban J connectivity index is 0.910. The molecule has 0 unspecified atom stereocenters. The van der Waals surface area contributed by atoms with Crippen molar-refractivity contribution < 1.29 is 4.74 Å². The Kier molecular flexibility index (Phi) is 9.71. The van der Waals surface area contributed by atoms with Crippen LogP contribution in [0.1, 0.15) is 27.8 Å². The van der Waals surface area contributed by atoms with Crippen LogP contribution in [0.25, 0.3) is 88.7 Å². The Morgan fingerprint density at radius 2 is 0.743 bits per heavy atom. The molecule has 13 rings (SSSR count). The highest BCUT2D eigenvalue weighted by atomic mass is 16.5. The lowest BCUT2D eigenvalue weighted by Gasteiger charge is -2.41. The van der Waals surface area contributed by atoms with E-state index in [4.69, 9.17) is 19.7 Å². The maximum Gasteiger partial charge on any atom is 0.164 e. The van der Waals surface area contributed by atoms with Crippen molar-refractivity contribution in [3.05, 3.63) is 270 Å². The van der Waals surface area contributed by atoms with E-state index in [0.29, 0.717) is 23.0 Å². The molecule has 12 aromatic rings. The molecule has 0 amide bonds. The predicted octanol–water partition coefficient (Wildman–Crippen LogP) is 16.0. The van der Waals surface area contributed by atoms with Crippen LogP contribution in [0.15, 0.2) is 243 Å². The van der Waals surface area contributed by atoms with Crippen LogP contribution in [0.5, 0.6) is 11.5 Å². The second-order valence-corrected chi connectivity index (χ2v) is 17.8. The van der Waals surface area contributed by atoms with Crippen LogP contribution in [0, 0.1) is 11.3 Å². The van der Waals surface area contributed by atoms with Crippen LogP contribution >= 0.6 is 0 Å². The van der Waals surface area contributed by atoms with Crippen LogP contribution in [0.2, 0.25) is 0 Å². The molecule has 326 valence electrons. The number of rotatable bonds is 7. The molecule has 0 N–H and O–H groups in total. The number of nitrogens with zero attached hydrogens (tertiary/aromatic N) is 4. The minimum Gasteiger partial charge on any atom is -0.457 e. The van der Waals surface area contributed by atoms with Crippen molar-refractivity contribution in [1.29, 1.82) is 5.26 Å². The SMILES string of the molecule is N#Cc1ccc(-c2nc(-c3cccc(-c4cccc(-c5ccc6c(c5)Oc5ccccc5C6(c5ccccc5)c5ccccc5)c4)c3)nc(-c3ccc4c5ccccc5c5ccccc5c4c3)n2)cc1. The van der Waals surface area contributed by atoms with Crippen molar-refractivity contribution in [3.8, 4) is 74.0 Å². The van der Waals surface area contributed by atoms with Gasteiger partial charge in [-0.15, -0.1) is 0 Å². The van der Waals surface area contributed by atoms with Crippen LogP contribution in [-0.4, -0.2) is 15.0 Å². The quantitative estimate of drug-likeness (QED) is 0.149. The summed E-state index contributed by atoms with van der Waals surface area (Å²) in [5.41, 5.74) is 11.3. The fraction of sp³-hybridized carbons (Fsp3) is 0.0154. The predicted molar refractivity (Wildman–Crippen MR) is 283 cm³/mol. The molecule has 0 saturated carbocycles. The molecule has 5 nitrogen and oxygen atoms in total. The molecule has 0 atom stereocenters. The molecule has 1 aromatic heterocycles. The van der Waals surface area contributed by atoms with E-state index < -0.39 is 5.41 Å². The molecule has 11 aromatic carbocycles. The van der Waals surface area contributed by atoms with Gasteiger partial charge in [-0.3, -0.25) is 0 Å². The fourth-order valence-corrected chi connectivity index (χ4v) is 10.6. The molecule has 0 aliphatic carbocycles. The summed E-state index contributed by atoms with van der Waals surface area (Å²) in [5, 5.41) is 16.7. The maximum absolute atomic E-state index is 9.59. The van der Waals surface area contributed by atoms with Crippen LogP contribution in [0.3, 0.4) is 0 Å². The van der Waals surface area contributed by atoms with Gasteiger partial charge in [0.2, 0.25) is 0 Å². The van der Waals surface area contributed by atoms with Gasteiger partial charge in [-0.2, -0.15) is 5.26 Å². The van der Waals surface area contributed by atoms with Gasteiger partial charge < -0.3 is 4.74 Å². The molecule has 2 heterocycles.